The first kappa shape index (κ1) is 16.5. The summed E-state index contributed by atoms with van der Waals surface area (Å²) in [7, 11) is 1.55. The minimum absolute atomic E-state index is 0.0960. The molecule has 2 atom stereocenters. The Labute approximate surface area is 130 Å². The number of aliphatic hydroxyl groups excluding tert-OH is 1. The maximum Gasteiger partial charge on any atom is 0.322 e. The Hall–Kier alpha value is -1.86. The van der Waals surface area contributed by atoms with E-state index in [4.69, 9.17) is 4.74 Å². The highest BCUT2D eigenvalue weighted by Crippen LogP contribution is 2.15. The van der Waals surface area contributed by atoms with Gasteiger partial charge in [-0.25, -0.2) is 9.78 Å². The van der Waals surface area contributed by atoms with Crippen LogP contribution in [0.25, 0.3) is 0 Å². The highest BCUT2D eigenvalue weighted by Gasteiger charge is 2.27. The second-order valence-electron chi connectivity index (χ2n) is 5.67. The number of nitrogens with one attached hydrogen (secondary N) is 1. The first-order chi connectivity index (χ1) is 10.5. The number of ether oxygens (including phenoxy) is 1. The van der Waals surface area contributed by atoms with Crippen molar-refractivity contribution >= 4 is 11.7 Å². The third-order valence-electron chi connectivity index (χ3n) is 3.69. The van der Waals surface area contributed by atoms with Crippen molar-refractivity contribution in [2.75, 3.05) is 38.6 Å². The van der Waals surface area contributed by atoms with Crippen molar-refractivity contribution in [1.82, 2.24) is 14.8 Å². The van der Waals surface area contributed by atoms with Crippen LogP contribution in [0.15, 0.2) is 18.3 Å². The normalized spacial score (nSPS) is 20.5. The number of β-amino-alcohol motifs (C(OH)–C–C–N with tert-alkyl or cyclic N) is 1. The molecule has 7 nitrogen and oxygen atoms in total. The monoisotopic (exact) mass is 308 g/mol. The predicted octanol–water partition coefficient (Wildman–Crippen LogP) is 1.01. The smallest absolute Gasteiger partial charge is 0.322 e. The fourth-order valence-corrected chi connectivity index (χ4v) is 2.64. The van der Waals surface area contributed by atoms with Crippen LogP contribution in [0.1, 0.15) is 13.8 Å². The van der Waals surface area contributed by atoms with Gasteiger partial charge in [0.25, 0.3) is 0 Å². The van der Waals surface area contributed by atoms with Gasteiger partial charge in [-0.3, -0.25) is 4.90 Å². The molecule has 22 heavy (non-hydrogen) atoms. The van der Waals surface area contributed by atoms with Crippen LogP contribution in [0.2, 0.25) is 0 Å². The van der Waals surface area contributed by atoms with Gasteiger partial charge in [-0.05, 0) is 19.9 Å². The number of carbonyl (C=O) groups excluding carboxylic acids is 1. The zero-order valence-electron chi connectivity index (χ0n) is 13.3. The molecule has 7 heteroatoms. The zero-order valence-corrected chi connectivity index (χ0v) is 13.3. The van der Waals surface area contributed by atoms with Crippen molar-refractivity contribution in [3.8, 4) is 5.88 Å². The van der Waals surface area contributed by atoms with E-state index in [9.17, 15) is 9.90 Å². The van der Waals surface area contributed by atoms with E-state index in [2.05, 4.69) is 15.2 Å². The third-order valence-corrected chi connectivity index (χ3v) is 3.69. The minimum Gasteiger partial charge on any atom is -0.481 e. The molecule has 0 aromatic carbocycles. The molecular weight excluding hydrogens is 284 g/mol. The molecule has 1 aliphatic heterocycles. The fourth-order valence-electron chi connectivity index (χ4n) is 2.64. The molecule has 1 aliphatic rings. The first-order valence-electron chi connectivity index (χ1n) is 7.47. The highest BCUT2D eigenvalue weighted by atomic mass is 16.5. The quantitative estimate of drug-likeness (QED) is 0.868. The Bertz CT molecular complexity index is 492. The van der Waals surface area contributed by atoms with Crippen LogP contribution in [-0.2, 0) is 0 Å². The number of methoxy groups -OCH3 is 1. The van der Waals surface area contributed by atoms with Gasteiger partial charge in [-0.2, -0.15) is 0 Å². The number of aromatic nitrogens is 1. The van der Waals surface area contributed by atoms with Crippen LogP contribution in [-0.4, -0.2) is 71.4 Å². The highest BCUT2D eigenvalue weighted by molar-refractivity contribution is 5.89. The maximum atomic E-state index is 12.3. The van der Waals surface area contributed by atoms with Gasteiger partial charge in [0.2, 0.25) is 5.88 Å². The van der Waals surface area contributed by atoms with Crippen LogP contribution in [0.3, 0.4) is 0 Å². The summed E-state index contributed by atoms with van der Waals surface area (Å²) >= 11 is 0. The number of piperazine rings is 1. The number of anilines is 1. The van der Waals surface area contributed by atoms with Gasteiger partial charge in [0.15, 0.2) is 0 Å². The summed E-state index contributed by atoms with van der Waals surface area (Å²) < 4.78 is 4.99. The lowest BCUT2D eigenvalue weighted by Gasteiger charge is -2.40. The molecule has 1 aromatic heterocycles. The summed E-state index contributed by atoms with van der Waals surface area (Å²) in [6.07, 6.45) is 1.23. The summed E-state index contributed by atoms with van der Waals surface area (Å²) in [5.74, 6) is 0.512. The van der Waals surface area contributed by atoms with Gasteiger partial charge in [0, 0.05) is 38.3 Å². The lowest BCUT2D eigenvalue weighted by atomic mass is 10.2. The van der Waals surface area contributed by atoms with Crippen LogP contribution in [0.5, 0.6) is 5.88 Å². The number of hydrogen-bond donors (Lipinski definition) is 2. The van der Waals surface area contributed by atoms with Crippen molar-refractivity contribution in [1.29, 1.82) is 0 Å². The fraction of sp³-hybridized carbons (Fsp3) is 0.600. The van der Waals surface area contributed by atoms with Crippen LogP contribution in [0.4, 0.5) is 10.5 Å². The minimum atomic E-state index is -0.349. The molecule has 0 bridgehead atoms. The molecule has 1 saturated heterocycles. The molecule has 122 valence electrons. The van der Waals surface area contributed by atoms with Gasteiger partial charge in [-0.1, -0.05) is 0 Å². The third kappa shape index (κ3) is 4.32. The Morgan fingerprint density at radius 1 is 1.55 bits per heavy atom. The van der Waals surface area contributed by atoms with Crippen molar-refractivity contribution in [3.63, 3.8) is 0 Å². The van der Waals surface area contributed by atoms with Crippen molar-refractivity contribution < 1.29 is 14.6 Å². The van der Waals surface area contributed by atoms with Gasteiger partial charge in [0.1, 0.15) is 0 Å². The van der Waals surface area contributed by atoms with Crippen molar-refractivity contribution in [2.45, 2.75) is 26.0 Å². The molecular formula is C15H24N4O3. The molecule has 2 rings (SSSR count). The van der Waals surface area contributed by atoms with E-state index in [1.165, 1.54) is 0 Å². The molecule has 0 saturated carbocycles. The number of rotatable bonds is 4. The average Bonchev–Trinajstić information content (AvgIpc) is 2.47. The summed E-state index contributed by atoms with van der Waals surface area (Å²) in [6, 6.07) is 3.44. The summed E-state index contributed by atoms with van der Waals surface area (Å²) in [5.41, 5.74) is 0.643. The molecule has 0 radical (unpaired) electrons. The molecule has 0 spiro atoms. The van der Waals surface area contributed by atoms with E-state index in [1.54, 1.807) is 32.4 Å². The van der Waals surface area contributed by atoms with E-state index in [0.29, 0.717) is 24.7 Å². The number of aliphatic hydroxyl groups is 1. The Kier molecular flexibility index (Phi) is 5.57. The Balaban J connectivity index is 1.89. The molecule has 1 aromatic rings. The van der Waals surface area contributed by atoms with E-state index < -0.39 is 0 Å². The van der Waals surface area contributed by atoms with E-state index in [-0.39, 0.29) is 18.2 Å². The molecule has 2 N–H and O–H groups in total. The van der Waals surface area contributed by atoms with Gasteiger partial charge in [-0.15, -0.1) is 0 Å². The number of pyridine rings is 1. The SMILES string of the molecule is COc1ccc(NC(=O)N2CCN(C[C@H](C)O)C[C@@H]2C)cn1. The lowest BCUT2D eigenvalue weighted by Crippen LogP contribution is -2.56. The first-order valence-corrected chi connectivity index (χ1v) is 7.47. The van der Waals surface area contributed by atoms with Crippen molar-refractivity contribution in [3.05, 3.63) is 18.3 Å². The second-order valence-corrected chi connectivity index (χ2v) is 5.67. The van der Waals surface area contributed by atoms with Gasteiger partial charge >= 0.3 is 6.03 Å². The zero-order chi connectivity index (χ0) is 16.1. The Morgan fingerprint density at radius 3 is 2.86 bits per heavy atom. The number of carbonyl (C=O) groups is 1. The lowest BCUT2D eigenvalue weighted by molar-refractivity contribution is 0.0692. The standard InChI is InChI=1S/C15H24N4O3/c1-11-9-18(10-12(2)20)6-7-19(11)15(21)17-13-4-5-14(22-3)16-8-13/h4-5,8,11-12,20H,6-7,9-10H2,1-3H3,(H,17,21)/t11-,12-/m0/s1. The Morgan fingerprint density at radius 2 is 2.32 bits per heavy atom. The molecule has 2 amide bonds. The molecule has 0 aliphatic carbocycles. The van der Waals surface area contributed by atoms with Gasteiger partial charge in [0.05, 0.1) is 25.1 Å². The maximum absolute atomic E-state index is 12.3. The van der Waals surface area contributed by atoms with E-state index in [0.717, 1.165) is 13.1 Å². The van der Waals surface area contributed by atoms with Crippen LogP contribution >= 0.6 is 0 Å². The van der Waals surface area contributed by atoms with E-state index in [1.807, 2.05) is 11.8 Å². The molecule has 2 heterocycles. The van der Waals surface area contributed by atoms with Gasteiger partial charge < -0.3 is 20.1 Å². The number of amides is 2. The summed E-state index contributed by atoms with van der Waals surface area (Å²) in [4.78, 5) is 20.4. The predicted molar refractivity (Wildman–Crippen MR) is 84.1 cm³/mol. The summed E-state index contributed by atoms with van der Waals surface area (Å²) in [6.45, 7) is 6.61. The van der Waals surface area contributed by atoms with E-state index >= 15 is 0 Å². The van der Waals surface area contributed by atoms with Crippen LogP contribution in [0, 0.1) is 0 Å². The number of urea groups is 1. The molecule has 0 unspecified atom stereocenters. The second kappa shape index (κ2) is 7.42. The number of hydrogen-bond acceptors (Lipinski definition) is 5. The average molecular weight is 308 g/mol. The molecule has 1 fully saturated rings. The largest absolute Gasteiger partial charge is 0.481 e. The summed E-state index contributed by atoms with van der Waals surface area (Å²) in [5, 5.41) is 12.3. The topological polar surface area (TPSA) is 77.9 Å². The number of nitrogens with zero attached hydrogens (tertiary/aromatic N) is 3. The van der Waals surface area contributed by atoms with Crippen LogP contribution < -0.4 is 10.1 Å². The van der Waals surface area contributed by atoms with Crippen molar-refractivity contribution in [2.24, 2.45) is 0 Å².